The monoisotopic (exact) mass is 247 g/mol. The molecule has 1 aromatic rings. The van der Waals surface area contributed by atoms with E-state index >= 15 is 0 Å². The summed E-state index contributed by atoms with van der Waals surface area (Å²) in [4.78, 5) is 15.8. The maximum atomic E-state index is 11.8. The predicted molar refractivity (Wildman–Crippen MR) is 72.4 cm³/mol. The fourth-order valence-corrected chi connectivity index (χ4v) is 2.09. The Labute approximate surface area is 108 Å². The van der Waals surface area contributed by atoms with Gasteiger partial charge in [0.25, 0.3) is 0 Å². The van der Waals surface area contributed by atoms with E-state index in [9.17, 15) is 4.79 Å². The first kappa shape index (κ1) is 12.9. The average molecular weight is 247 g/mol. The summed E-state index contributed by atoms with van der Waals surface area (Å²) in [6.07, 6.45) is 4.60. The molecule has 4 nitrogen and oxygen atoms in total. The Hall–Kier alpha value is -1.58. The number of carbonyl (C=O) groups excluding carboxylic acids is 1. The van der Waals surface area contributed by atoms with Crippen LogP contribution >= 0.6 is 0 Å². The first-order valence-electron chi connectivity index (χ1n) is 6.43. The average Bonchev–Trinajstić information content (AvgIpc) is 2.96. The smallest absolute Gasteiger partial charge is 0.223 e. The second kappa shape index (κ2) is 4.96. The Bertz CT molecular complexity index is 442. The van der Waals surface area contributed by atoms with Crippen molar-refractivity contribution < 1.29 is 4.79 Å². The molecule has 0 aliphatic heterocycles. The Balaban J connectivity index is 1.68. The van der Waals surface area contributed by atoms with Crippen LogP contribution in [0.4, 0.5) is 5.69 Å². The van der Waals surface area contributed by atoms with Gasteiger partial charge >= 0.3 is 0 Å². The van der Waals surface area contributed by atoms with Crippen molar-refractivity contribution in [2.75, 3.05) is 18.4 Å². The minimum absolute atomic E-state index is 0.188. The summed E-state index contributed by atoms with van der Waals surface area (Å²) >= 11 is 0. The van der Waals surface area contributed by atoms with E-state index in [0.29, 0.717) is 6.54 Å². The summed E-state index contributed by atoms with van der Waals surface area (Å²) in [5.41, 5.74) is 2.40. The number of rotatable bonds is 5. The van der Waals surface area contributed by atoms with Crippen LogP contribution in [0.2, 0.25) is 0 Å². The van der Waals surface area contributed by atoms with Gasteiger partial charge in [0, 0.05) is 37.1 Å². The van der Waals surface area contributed by atoms with Crippen molar-refractivity contribution in [2.24, 2.45) is 11.3 Å². The van der Waals surface area contributed by atoms with Gasteiger partial charge in [0.1, 0.15) is 0 Å². The van der Waals surface area contributed by atoms with Crippen molar-refractivity contribution in [1.82, 2.24) is 10.3 Å². The quantitative estimate of drug-likeness (QED) is 0.782. The molecule has 18 heavy (non-hydrogen) atoms. The van der Waals surface area contributed by atoms with E-state index in [2.05, 4.69) is 29.5 Å². The molecular formula is C14H21N3O. The van der Waals surface area contributed by atoms with Crippen molar-refractivity contribution in [2.45, 2.75) is 27.2 Å². The highest BCUT2D eigenvalue weighted by molar-refractivity contribution is 5.82. The topological polar surface area (TPSA) is 54.0 Å². The molecule has 4 heteroatoms. The van der Waals surface area contributed by atoms with Gasteiger partial charge in [-0.05, 0) is 30.4 Å². The van der Waals surface area contributed by atoms with Crippen LogP contribution in [-0.2, 0) is 4.79 Å². The third-order valence-electron chi connectivity index (χ3n) is 3.59. The van der Waals surface area contributed by atoms with E-state index < -0.39 is 0 Å². The van der Waals surface area contributed by atoms with Gasteiger partial charge in [-0.2, -0.15) is 0 Å². The second-order valence-electron chi connectivity index (χ2n) is 5.65. The largest absolute Gasteiger partial charge is 0.383 e. The maximum Gasteiger partial charge on any atom is 0.223 e. The minimum atomic E-state index is 0.188. The van der Waals surface area contributed by atoms with Crippen molar-refractivity contribution >= 4 is 11.6 Å². The third-order valence-corrected chi connectivity index (χ3v) is 3.59. The van der Waals surface area contributed by atoms with Gasteiger partial charge in [0.05, 0.1) is 0 Å². The minimum Gasteiger partial charge on any atom is -0.383 e. The summed E-state index contributed by atoms with van der Waals surface area (Å²) in [5, 5.41) is 6.27. The lowest BCUT2D eigenvalue weighted by Gasteiger charge is -2.10. The summed E-state index contributed by atoms with van der Waals surface area (Å²) in [6, 6.07) is 1.95. The molecule has 1 aliphatic rings. The highest BCUT2D eigenvalue weighted by Crippen LogP contribution is 2.51. The molecule has 98 valence electrons. The zero-order valence-electron chi connectivity index (χ0n) is 11.3. The fourth-order valence-electron chi connectivity index (χ4n) is 2.09. The van der Waals surface area contributed by atoms with E-state index in [1.807, 2.05) is 19.2 Å². The molecule has 2 N–H and O–H groups in total. The number of hydrogen-bond acceptors (Lipinski definition) is 3. The summed E-state index contributed by atoms with van der Waals surface area (Å²) in [5.74, 6) is 0.397. The molecule has 1 fully saturated rings. The van der Waals surface area contributed by atoms with Gasteiger partial charge in [0.15, 0.2) is 0 Å². The Morgan fingerprint density at radius 2 is 2.22 bits per heavy atom. The van der Waals surface area contributed by atoms with Crippen molar-refractivity contribution in [3.05, 3.63) is 24.0 Å². The Kier molecular flexibility index (Phi) is 3.55. The van der Waals surface area contributed by atoms with Crippen molar-refractivity contribution in [3.8, 4) is 0 Å². The van der Waals surface area contributed by atoms with Crippen LogP contribution in [0.5, 0.6) is 0 Å². The van der Waals surface area contributed by atoms with Crippen LogP contribution < -0.4 is 10.6 Å². The van der Waals surface area contributed by atoms with Crippen LogP contribution in [0.3, 0.4) is 0 Å². The zero-order chi connectivity index (χ0) is 13.2. The molecule has 0 aromatic carbocycles. The fraction of sp³-hybridized carbons (Fsp3) is 0.571. The summed E-state index contributed by atoms with van der Waals surface area (Å²) < 4.78 is 0. The Morgan fingerprint density at radius 1 is 1.50 bits per heavy atom. The van der Waals surface area contributed by atoms with E-state index in [0.717, 1.165) is 24.2 Å². The van der Waals surface area contributed by atoms with Gasteiger partial charge in [-0.1, -0.05) is 13.8 Å². The number of aromatic nitrogens is 1. The summed E-state index contributed by atoms with van der Waals surface area (Å²) in [7, 11) is 0. The molecule has 0 saturated heterocycles. The van der Waals surface area contributed by atoms with Crippen molar-refractivity contribution in [1.29, 1.82) is 0 Å². The number of aryl methyl sites for hydroxylation is 1. The molecule has 2 rings (SSSR count). The van der Waals surface area contributed by atoms with Crippen LogP contribution in [0.1, 0.15) is 25.8 Å². The lowest BCUT2D eigenvalue weighted by atomic mass is 10.1. The molecule has 1 amide bonds. The van der Waals surface area contributed by atoms with Crippen LogP contribution in [-0.4, -0.2) is 24.0 Å². The first-order chi connectivity index (χ1) is 8.50. The normalized spacial score (nSPS) is 20.3. The molecule has 1 aromatic heterocycles. The SMILES string of the molecule is Cc1cnccc1NCCNC(=O)[C@H]1CC1(C)C. The van der Waals surface area contributed by atoms with Crippen LogP contribution in [0.25, 0.3) is 0 Å². The molecule has 0 radical (unpaired) electrons. The van der Waals surface area contributed by atoms with Crippen LogP contribution in [0.15, 0.2) is 18.5 Å². The first-order valence-corrected chi connectivity index (χ1v) is 6.43. The van der Waals surface area contributed by atoms with E-state index in [-0.39, 0.29) is 17.2 Å². The number of nitrogens with zero attached hydrogens (tertiary/aromatic N) is 1. The standard InChI is InChI=1S/C14H21N3O/c1-10-9-15-5-4-12(10)16-6-7-17-13(18)11-8-14(11,2)3/h4-5,9,11H,6-8H2,1-3H3,(H,15,16)(H,17,18)/t11-/m1/s1. The number of anilines is 1. The number of nitrogens with one attached hydrogen (secondary N) is 2. The lowest BCUT2D eigenvalue weighted by molar-refractivity contribution is -0.122. The molecule has 1 aliphatic carbocycles. The Morgan fingerprint density at radius 3 is 2.83 bits per heavy atom. The molecular weight excluding hydrogens is 226 g/mol. The van der Waals surface area contributed by atoms with Crippen LogP contribution in [0, 0.1) is 18.3 Å². The lowest BCUT2D eigenvalue weighted by Crippen LogP contribution is -2.31. The molecule has 0 unspecified atom stereocenters. The highest BCUT2D eigenvalue weighted by Gasteiger charge is 2.50. The predicted octanol–water partition coefficient (Wildman–Crippen LogP) is 1.96. The number of amides is 1. The van der Waals surface area contributed by atoms with Gasteiger partial charge in [0.2, 0.25) is 5.91 Å². The maximum absolute atomic E-state index is 11.8. The van der Waals surface area contributed by atoms with Gasteiger partial charge in [-0.3, -0.25) is 9.78 Å². The van der Waals surface area contributed by atoms with Gasteiger partial charge in [-0.15, -0.1) is 0 Å². The van der Waals surface area contributed by atoms with Crippen molar-refractivity contribution in [3.63, 3.8) is 0 Å². The highest BCUT2D eigenvalue weighted by atomic mass is 16.2. The van der Waals surface area contributed by atoms with Gasteiger partial charge in [-0.25, -0.2) is 0 Å². The van der Waals surface area contributed by atoms with E-state index in [1.54, 1.807) is 6.20 Å². The number of carbonyl (C=O) groups is 1. The molecule has 1 saturated carbocycles. The van der Waals surface area contributed by atoms with E-state index in [4.69, 9.17) is 0 Å². The molecule has 1 atom stereocenters. The zero-order valence-corrected chi connectivity index (χ0v) is 11.3. The third kappa shape index (κ3) is 3.00. The van der Waals surface area contributed by atoms with E-state index in [1.165, 1.54) is 0 Å². The number of pyridine rings is 1. The second-order valence-corrected chi connectivity index (χ2v) is 5.65. The number of hydrogen-bond donors (Lipinski definition) is 2. The molecule has 0 bridgehead atoms. The summed E-state index contributed by atoms with van der Waals surface area (Å²) in [6.45, 7) is 7.68. The van der Waals surface area contributed by atoms with Gasteiger partial charge < -0.3 is 10.6 Å². The molecule has 0 spiro atoms. The molecule has 1 heterocycles.